The minimum Gasteiger partial charge on any atom is -0.381 e. The number of piperidine rings is 1. The molecule has 0 spiro atoms. The van der Waals surface area contributed by atoms with E-state index in [1.165, 1.54) is 0 Å². The molecule has 0 aromatic carbocycles. The molecule has 6 heterocycles. The fourth-order valence-electron chi connectivity index (χ4n) is 5.56. The van der Waals surface area contributed by atoms with Gasteiger partial charge in [0, 0.05) is 93.2 Å². The molecule has 212 valence electrons. The van der Waals surface area contributed by atoms with E-state index in [-0.39, 0.29) is 0 Å². The van der Waals surface area contributed by atoms with Crippen molar-refractivity contribution in [3.8, 4) is 11.1 Å². The van der Waals surface area contributed by atoms with Crippen molar-refractivity contribution >= 4 is 28.5 Å². The van der Waals surface area contributed by atoms with Crippen molar-refractivity contribution in [2.45, 2.75) is 45.4 Å². The van der Waals surface area contributed by atoms with Crippen molar-refractivity contribution in [2.24, 2.45) is 0 Å². The highest BCUT2D eigenvalue weighted by atomic mass is 16.5. The van der Waals surface area contributed by atoms with Gasteiger partial charge in [-0.1, -0.05) is 0 Å². The van der Waals surface area contributed by atoms with E-state index in [2.05, 4.69) is 62.1 Å². The summed E-state index contributed by atoms with van der Waals surface area (Å²) in [6.07, 6.45) is 12.4. The van der Waals surface area contributed by atoms with Crippen molar-refractivity contribution in [2.75, 3.05) is 63.3 Å². The third-order valence-corrected chi connectivity index (χ3v) is 7.93. The largest absolute Gasteiger partial charge is 0.381 e. The first-order valence-corrected chi connectivity index (χ1v) is 14.3. The molecule has 6 rings (SSSR count). The van der Waals surface area contributed by atoms with Crippen LogP contribution in [0.4, 0.5) is 17.6 Å². The molecule has 0 amide bonds. The van der Waals surface area contributed by atoms with E-state index in [1.54, 1.807) is 13.3 Å². The number of nitrogens with one attached hydrogen (secondary N) is 1. The standard InChI is InChI=1S/C29H39N9O2/c1-21(2)38-20-25(22-17-32-37(19-22)11-10-35-12-14-40-15-13-35)24-18-31-28(16-26(24)38)33-27-4-7-30-29(34-27)36-8-5-23(39-3)6-9-36/h4,7,16-21,23H,5-6,8-15H2,1-3H3,(H,30,31,33,34). The molecule has 0 radical (unpaired) electrons. The Kier molecular flexibility index (Phi) is 7.94. The van der Waals surface area contributed by atoms with Crippen LogP contribution >= 0.6 is 0 Å². The van der Waals surface area contributed by atoms with Gasteiger partial charge in [0.15, 0.2) is 0 Å². The van der Waals surface area contributed by atoms with E-state index in [4.69, 9.17) is 19.4 Å². The van der Waals surface area contributed by atoms with Crippen LogP contribution in [0.3, 0.4) is 0 Å². The highest BCUT2D eigenvalue weighted by molar-refractivity contribution is 5.96. The maximum Gasteiger partial charge on any atom is 0.227 e. The second-order valence-electron chi connectivity index (χ2n) is 10.9. The second kappa shape index (κ2) is 11.9. The minimum absolute atomic E-state index is 0.295. The van der Waals surface area contributed by atoms with Crippen molar-refractivity contribution in [1.29, 1.82) is 0 Å². The summed E-state index contributed by atoms with van der Waals surface area (Å²) in [5.41, 5.74) is 3.37. The molecule has 2 aliphatic rings. The normalized spacial score (nSPS) is 17.2. The summed E-state index contributed by atoms with van der Waals surface area (Å²) in [6.45, 7) is 11.6. The zero-order chi connectivity index (χ0) is 27.5. The maximum atomic E-state index is 5.50. The predicted molar refractivity (Wildman–Crippen MR) is 156 cm³/mol. The summed E-state index contributed by atoms with van der Waals surface area (Å²) < 4.78 is 15.3. The molecule has 0 saturated carbocycles. The second-order valence-corrected chi connectivity index (χ2v) is 10.9. The lowest BCUT2D eigenvalue weighted by molar-refractivity contribution is 0.0360. The molecular formula is C29H39N9O2. The van der Waals surface area contributed by atoms with Crippen LogP contribution in [-0.2, 0) is 16.0 Å². The van der Waals surface area contributed by atoms with Crippen LogP contribution in [0.15, 0.2) is 43.1 Å². The summed E-state index contributed by atoms with van der Waals surface area (Å²) >= 11 is 0. The number of methoxy groups -OCH3 is 1. The Bertz CT molecular complexity index is 1420. The first-order valence-electron chi connectivity index (χ1n) is 14.3. The first-order chi connectivity index (χ1) is 19.6. The predicted octanol–water partition coefficient (Wildman–Crippen LogP) is 3.96. The quantitative estimate of drug-likeness (QED) is 0.335. The van der Waals surface area contributed by atoms with Gasteiger partial charge in [-0.15, -0.1) is 0 Å². The average molecular weight is 546 g/mol. The van der Waals surface area contributed by atoms with Gasteiger partial charge in [0.2, 0.25) is 5.95 Å². The molecule has 40 heavy (non-hydrogen) atoms. The number of ether oxygens (including phenoxy) is 2. The number of hydrogen-bond acceptors (Lipinski definition) is 9. The lowest BCUT2D eigenvalue weighted by Gasteiger charge is -2.31. The number of fused-ring (bicyclic) bond motifs is 1. The van der Waals surface area contributed by atoms with Crippen LogP contribution in [0.2, 0.25) is 0 Å². The monoisotopic (exact) mass is 545 g/mol. The van der Waals surface area contributed by atoms with Gasteiger partial charge < -0.3 is 24.3 Å². The molecule has 1 N–H and O–H groups in total. The number of anilines is 3. The van der Waals surface area contributed by atoms with Gasteiger partial charge in [0.25, 0.3) is 0 Å². The van der Waals surface area contributed by atoms with Gasteiger partial charge in [-0.05, 0) is 32.8 Å². The third-order valence-electron chi connectivity index (χ3n) is 7.93. The first kappa shape index (κ1) is 26.7. The van der Waals surface area contributed by atoms with E-state index in [9.17, 15) is 0 Å². The Morgan fingerprint density at radius 2 is 1.85 bits per heavy atom. The minimum atomic E-state index is 0.295. The molecular weight excluding hydrogens is 506 g/mol. The summed E-state index contributed by atoms with van der Waals surface area (Å²) in [5.74, 6) is 2.22. The number of hydrogen-bond donors (Lipinski definition) is 1. The van der Waals surface area contributed by atoms with Gasteiger partial charge in [-0.3, -0.25) is 9.58 Å². The summed E-state index contributed by atoms with van der Waals surface area (Å²) in [7, 11) is 1.78. The molecule has 2 saturated heterocycles. The van der Waals surface area contributed by atoms with Gasteiger partial charge in [-0.2, -0.15) is 10.1 Å². The molecule has 11 nitrogen and oxygen atoms in total. The number of pyridine rings is 1. The van der Waals surface area contributed by atoms with E-state index in [1.807, 2.05) is 23.1 Å². The molecule has 0 unspecified atom stereocenters. The van der Waals surface area contributed by atoms with Crippen LogP contribution in [-0.4, -0.2) is 93.4 Å². The van der Waals surface area contributed by atoms with Gasteiger partial charge in [0.1, 0.15) is 11.6 Å². The SMILES string of the molecule is COC1CCN(c2nccc(Nc3cc4c(cn3)c(-c3cnn(CCN5CCOCC5)c3)cn4C(C)C)n2)CC1. The number of aromatic nitrogens is 6. The van der Waals surface area contributed by atoms with Gasteiger partial charge >= 0.3 is 0 Å². The van der Waals surface area contributed by atoms with Crippen molar-refractivity contribution in [1.82, 2.24) is 34.2 Å². The number of morpholine rings is 1. The number of nitrogens with zero attached hydrogens (tertiary/aromatic N) is 8. The highest BCUT2D eigenvalue weighted by Crippen LogP contribution is 2.33. The van der Waals surface area contributed by atoms with E-state index in [0.29, 0.717) is 12.1 Å². The molecule has 2 aliphatic heterocycles. The van der Waals surface area contributed by atoms with Crippen molar-refractivity contribution in [3.05, 3.63) is 43.1 Å². The zero-order valence-electron chi connectivity index (χ0n) is 23.7. The Labute approximate surface area is 235 Å². The van der Waals surface area contributed by atoms with E-state index in [0.717, 1.165) is 105 Å². The summed E-state index contributed by atoms with van der Waals surface area (Å²) in [5, 5.41) is 9.17. The Balaban J connectivity index is 1.20. The lowest BCUT2D eigenvalue weighted by Crippen LogP contribution is -2.38. The van der Waals surface area contributed by atoms with Gasteiger partial charge in [-0.25, -0.2) is 9.97 Å². The molecule has 4 aromatic heterocycles. The Morgan fingerprint density at radius 3 is 2.62 bits per heavy atom. The van der Waals surface area contributed by atoms with E-state index < -0.39 is 0 Å². The topological polar surface area (TPSA) is 98.4 Å². The molecule has 2 fully saturated rings. The Morgan fingerprint density at radius 1 is 1.02 bits per heavy atom. The highest BCUT2D eigenvalue weighted by Gasteiger charge is 2.21. The smallest absolute Gasteiger partial charge is 0.227 e. The van der Waals surface area contributed by atoms with E-state index >= 15 is 0 Å². The molecule has 0 bridgehead atoms. The fraction of sp³-hybridized carbons (Fsp3) is 0.517. The van der Waals surface area contributed by atoms with Gasteiger partial charge in [0.05, 0.1) is 37.6 Å². The number of rotatable bonds is 9. The van der Waals surface area contributed by atoms with Crippen LogP contribution in [0, 0.1) is 0 Å². The molecule has 4 aromatic rings. The van der Waals surface area contributed by atoms with Crippen molar-refractivity contribution in [3.63, 3.8) is 0 Å². The fourth-order valence-corrected chi connectivity index (χ4v) is 5.56. The van der Waals surface area contributed by atoms with Crippen molar-refractivity contribution < 1.29 is 9.47 Å². The summed E-state index contributed by atoms with van der Waals surface area (Å²) in [6, 6.07) is 4.28. The zero-order valence-corrected chi connectivity index (χ0v) is 23.7. The molecule has 11 heteroatoms. The van der Waals surface area contributed by atoms with Crippen LogP contribution in [0.25, 0.3) is 22.0 Å². The summed E-state index contributed by atoms with van der Waals surface area (Å²) in [4.78, 5) is 18.7. The van der Waals surface area contributed by atoms with Crippen LogP contribution in [0.5, 0.6) is 0 Å². The molecule has 0 aliphatic carbocycles. The Hall–Kier alpha value is -3.54. The third kappa shape index (κ3) is 5.81. The molecule has 0 atom stereocenters. The van der Waals surface area contributed by atoms with Crippen LogP contribution < -0.4 is 10.2 Å². The maximum absolute atomic E-state index is 5.50. The van der Waals surface area contributed by atoms with Crippen LogP contribution in [0.1, 0.15) is 32.7 Å². The lowest BCUT2D eigenvalue weighted by atomic mass is 10.1. The average Bonchev–Trinajstić information content (AvgIpc) is 3.61.